The zero-order valence-electron chi connectivity index (χ0n) is 9.86. The van der Waals surface area contributed by atoms with Crippen LogP contribution in [-0.2, 0) is 16.0 Å². The van der Waals surface area contributed by atoms with Crippen molar-refractivity contribution in [3.63, 3.8) is 0 Å². The maximum Gasteiger partial charge on any atom is 0.317 e. The molecule has 4 nitrogen and oxygen atoms in total. The van der Waals surface area contributed by atoms with E-state index in [-0.39, 0.29) is 12.2 Å². The highest BCUT2D eigenvalue weighted by molar-refractivity contribution is 9.10. The number of aliphatic carboxylic acids is 1. The summed E-state index contributed by atoms with van der Waals surface area (Å²) >= 11 is 3.28. The molecule has 1 aliphatic rings. The number of aromatic nitrogens is 1. The Bertz CT molecular complexity index is 472. The molecule has 1 heterocycles. The molecule has 0 radical (unpaired) electrons. The van der Waals surface area contributed by atoms with Crippen LogP contribution in [0.25, 0.3) is 0 Å². The fourth-order valence-corrected chi connectivity index (χ4v) is 2.63. The standard InChI is InChI=1S/C13H14BrNO3/c14-9-4-5-10(15-8-9)7-13(12(17)18)6-2-1-3-11(13)16/h4-5,8H,1-3,6-7H2,(H,17,18). The number of nitrogens with zero attached hydrogens (tertiary/aromatic N) is 1. The lowest BCUT2D eigenvalue weighted by Gasteiger charge is -2.31. The lowest BCUT2D eigenvalue weighted by Crippen LogP contribution is -2.43. The molecule has 0 saturated heterocycles. The molecule has 1 aliphatic carbocycles. The van der Waals surface area contributed by atoms with Crippen molar-refractivity contribution in [2.75, 3.05) is 0 Å². The van der Waals surface area contributed by atoms with E-state index in [0.29, 0.717) is 18.5 Å². The largest absolute Gasteiger partial charge is 0.480 e. The smallest absolute Gasteiger partial charge is 0.317 e. The van der Waals surface area contributed by atoms with Crippen LogP contribution in [0.2, 0.25) is 0 Å². The molecule has 0 amide bonds. The van der Waals surface area contributed by atoms with E-state index in [4.69, 9.17) is 0 Å². The van der Waals surface area contributed by atoms with Crippen LogP contribution >= 0.6 is 15.9 Å². The number of halogens is 1. The minimum absolute atomic E-state index is 0.161. The molecule has 0 aromatic carbocycles. The molecule has 1 N–H and O–H groups in total. The van der Waals surface area contributed by atoms with Gasteiger partial charge in [0.15, 0.2) is 5.78 Å². The minimum Gasteiger partial charge on any atom is -0.480 e. The number of rotatable bonds is 3. The Morgan fingerprint density at radius 3 is 2.78 bits per heavy atom. The van der Waals surface area contributed by atoms with E-state index in [9.17, 15) is 14.7 Å². The van der Waals surface area contributed by atoms with Crippen LogP contribution in [-0.4, -0.2) is 21.8 Å². The molecule has 1 saturated carbocycles. The van der Waals surface area contributed by atoms with Gasteiger partial charge in [0.25, 0.3) is 0 Å². The number of carbonyl (C=O) groups is 2. The van der Waals surface area contributed by atoms with E-state index in [1.807, 2.05) is 6.07 Å². The van der Waals surface area contributed by atoms with Gasteiger partial charge in [0.1, 0.15) is 5.41 Å². The molecule has 2 rings (SSSR count). The van der Waals surface area contributed by atoms with Crippen LogP contribution in [0, 0.1) is 5.41 Å². The van der Waals surface area contributed by atoms with Gasteiger partial charge in [-0.2, -0.15) is 0 Å². The van der Waals surface area contributed by atoms with Gasteiger partial charge in [-0.15, -0.1) is 0 Å². The second kappa shape index (κ2) is 5.18. The van der Waals surface area contributed by atoms with E-state index in [1.54, 1.807) is 12.3 Å². The van der Waals surface area contributed by atoms with Crippen LogP contribution in [0.15, 0.2) is 22.8 Å². The van der Waals surface area contributed by atoms with Crippen molar-refractivity contribution in [1.82, 2.24) is 4.98 Å². The first-order valence-electron chi connectivity index (χ1n) is 5.92. The number of pyridine rings is 1. The third-order valence-electron chi connectivity index (χ3n) is 3.47. The highest BCUT2D eigenvalue weighted by Crippen LogP contribution is 2.36. The normalized spacial score (nSPS) is 23.9. The Morgan fingerprint density at radius 1 is 1.44 bits per heavy atom. The van der Waals surface area contributed by atoms with E-state index in [2.05, 4.69) is 20.9 Å². The van der Waals surface area contributed by atoms with Gasteiger partial charge in [0, 0.05) is 29.2 Å². The van der Waals surface area contributed by atoms with Crippen molar-refractivity contribution in [3.05, 3.63) is 28.5 Å². The number of carbonyl (C=O) groups excluding carboxylic acids is 1. The van der Waals surface area contributed by atoms with Gasteiger partial charge in [-0.05, 0) is 40.9 Å². The first-order chi connectivity index (χ1) is 8.54. The average molecular weight is 312 g/mol. The fourth-order valence-electron chi connectivity index (χ4n) is 2.40. The summed E-state index contributed by atoms with van der Waals surface area (Å²) in [4.78, 5) is 27.7. The van der Waals surface area contributed by atoms with Crippen LogP contribution in [0.4, 0.5) is 0 Å². The number of carboxylic acids is 1. The zero-order chi connectivity index (χ0) is 13.2. The summed E-state index contributed by atoms with van der Waals surface area (Å²) in [6.45, 7) is 0. The van der Waals surface area contributed by atoms with Crippen molar-refractivity contribution in [3.8, 4) is 0 Å². The Labute approximate surface area is 114 Å². The molecule has 18 heavy (non-hydrogen) atoms. The lowest BCUT2D eigenvalue weighted by atomic mass is 9.70. The maximum atomic E-state index is 12.0. The van der Waals surface area contributed by atoms with Gasteiger partial charge in [0.05, 0.1) is 0 Å². The summed E-state index contributed by atoms with van der Waals surface area (Å²) in [6, 6.07) is 3.57. The Balaban J connectivity index is 2.28. The number of hydrogen-bond donors (Lipinski definition) is 1. The van der Waals surface area contributed by atoms with Crippen LogP contribution < -0.4 is 0 Å². The van der Waals surface area contributed by atoms with Crippen LogP contribution in [0.3, 0.4) is 0 Å². The van der Waals surface area contributed by atoms with E-state index in [0.717, 1.165) is 17.3 Å². The number of carboxylic acid groups (broad SMARTS) is 1. The second-order valence-electron chi connectivity index (χ2n) is 4.66. The van der Waals surface area contributed by atoms with Crippen molar-refractivity contribution in [2.45, 2.75) is 32.1 Å². The van der Waals surface area contributed by atoms with Crippen molar-refractivity contribution < 1.29 is 14.7 Å². The summed E-state index contributed by atoms with van der Waals surface area (Å²) in [5.41, 5.74) is -0.616. The number of Topliss-reactive ketones (excluding diaryl/α,β-unsaturated/α-hetero) is 1. The Hall–Kier alpha value is -1.23. The van der Waals surface area contributed by atoms with Gasteiger partial charge < -0.3 is 5.11 Å². The molecule has 5 heteroatoms. The predicted octanol–water partition coefficient (Wildman–Crippen LogP) is 2.60. The summed E-state index contributed by atoms with van der Waals surface area (Å²) in [6.07, 6.45) is 4.17. The Kier molecular flexibility index (Phi) is 3.80. The van der Waals surface area contributed by atoms with Gasteiger partial charge in [-0.1, -0.05) is 6.42 Å². The molecular formula is C13H14BrNO3. The lowest BCUT2D eigenvalue weighted by molar-refractivity contribution is -0.157. The average Bonchev–Trinajstić information content (AvgIpc) is 2.35. The molecule has 1 unspecified atom stereocenters. The first kappa shape index (κ1) is 13.2. The van der Waals surface area contributed by atoms with Crippen LogP contribution in [0.1, 0.15) is 31.4 Å². The highest BCUT2D eigenvalue weighted by Gasteiger charge is 2.47. The van der Waals surface area contributed by atoms with Crippen molar-refractivity contribution >= 4 is 27.7 Å². The molecule has 1 fully saturated rings. The SMILES string of the molecule is O=C(O)C1(Cc2ccc(Br)cn2)CCCCC1=O. The number of ketones is 1. The molecule has 0 aliphatic heterocycles. The molecule has 0 bridgehead atoms. The van der Waals surface area contributed by atoms with Gasteiger partial charge >= 0.3 is 5.97 Å². The maximum absolute atomic E-state index is 12.0. The molecule has 1 aromatic rings. The zero-order valence-corrected chi connectivity index (χ0v) is 11.4. The quantitative estimate of drug-likeness (QED) is 0.871. The molecule has 96 valence electrons. The number of hydrogen-bond acceptors (Lipinski definition) is 3. The monoisotopic (exact) mass is 311 g/mol. The van der Waals surface area contributed by atoms with E-state index in [1.165, 1.54) is 0 Å². The molecule has 1 aromatic heterocycles. The molecular weight excluding hydrogens is 298 g/mol. The summed E-state index contributed by atoms with van der Waals surface area (Å²) < 4.78 is 0.839. The highest BCUT2D eigenvalue weighted by atomic mass is 79.9. The first-order valence-corrected chi connectivity index (χ1v) is 6.71. The van der Waals surface area contributed by atoms with Crippen LogP contribution in [0.5, 0.6) is 0 Å². The van der Waals surface area contributed by atoms with E-state index >= 15 is 0 Å². The summed E-state index contributed by atoms with van der Waals surface area (Å²) in [5, 5.41) is 9.42. The topological polar surface area (TPSA) is 67.3 Å². The fraction of sp³-hybridized carbons (Fsp3) is 0.462. The third kappa shape index (κ3) is 2.46. The van der Waals surface area contributed by atoms with Crippen molar-refractivity contribution in [1.29, 1.82) is 0 Å². The third-order valence-corrected chi connectivity index (χ3v) is 3.94. The van der Waals surface area contributed by atoms with E-state index < -0.39 is 11.4 Å². The Morgan fingerprint density at radius 2 is 2.22 bits per heavy atom. The summed E-state index contributed by atoms with van der Waals surface area (Å²) in [7, 11) is 0. The van der Waals surface area contributed by atoms with Gasteiger partial charge in [-0.3, -0.25) is 14.6 Å². The van der Waals surface area contributed by atoms with Gasteiger partial charge in [-0.25, -0.2) is 0 Å². The molecule has 0 spiro atoms. The summed E-state index contributed by atoms with van der Waals surface area (Å²) in [5.74, 6) is -1.18. The second-order valence-corrected chi connectivity index (χ2v) is 5.58. The molecule has 1 atom stereocenters. The van der Waals surface area contributed by atoms with Crippen molar-refractivity contribution in [2.24, 2.45) is 5.41 Å². The predicted molar refractivity (Wildman–Crippen MR) is 69.2 cm³/mol. The minimum atomic E-state index is -1.26. The van der Waals surface area contributed by atoms with Gasteiger partial charge in [0.2, 0.25) is 0 Å².